The van der Waals surface area contributed by atoms with Gasteiger partial charge in [0.25, 0.3) is 5.91 Å². The molecule has 3 unspecified atom stereocenters. The third-order valence-electron chi connectivity index (χ3n) is 7.14. The van der Waals surface area contributed by atoms with Crippen LogP contribution in [0.15, 0.2) is 24.3 Å². The molecule has 9 heteroatoms. The number of likely N-dealkylation sites (N-methyl/N-ethyl adjacent to an activating group) is 1. The molecule has 3 aliphatic rings. The number of ether oxygens (including phenoxy) is 2. The highest BCUT2D eigenvalue weighted by Gasteiger charge is 2.53. The maximum absolute atomic E-state index is 13.7. The highest BCUT2D eigenvalue weighted by molar-refractivity contribution is 5.99. The third kappa shape index (κ3) is 5.68. The summed E-state index contributed by atoms with van der Waals surface area (Å²) >= 11 is 0. The molecule has 3 saturated heterocycles. The molecule has 0 radical (unpaired) electrons. The van der Waals surface area contributed by atoms with Gasteiger partial charge in [0.15, 0.2) is 5.78 Å². The van der Waals surface area contributed by atoms with Crippen molar-refractivity contribution >= 4 is 23.3 Å². The lowest BCUT2D eigenvalue weighted by Gasteiger charge is -2.34. The van der Waals surface area contributed by atoms with Crippen LogP contribution in [-0.2, 0) is 19.1 Å². The number of anilines is 1. The number of piperazine rings is 1. The smallest absolute Gasteiger partial charge is 0.251 e. The number of Topliss-reactive ketones (excluding diaryl/α,β-unsaturated/α-hetero) is 1. The van der Waals surface area contributed by atoms with Gasteiger partial charge in [-0.05, 0) is 43.1 Å². The Bertz CT molecular complexity index is 936. The Labute approximate surface area is 207 Å². The largest absolute Gasteiger partial charge is 0.377 e. The molecule has 192 valence electrons. The molecular weight excluding hydrogens is 448 g/mol. The second-order valence-corrected chi connectivity index (χ2v) is 11.1. The fourth-order valence-electron chi connectivity index (χ4n) is 5.19. The van der Waals surface area contributed by atoms with Gasteiger partial charge in [0.05, 0.1) is 6.54 Å². The number of nitrogens with one attached hydrogen (secondary N) is 1. The second-order valence-electron chi connectivity index (χ2n) is 11.1. The highest BCUT2D eigenvalue weighted by atomic mass is 16.5. The topological polar surface area (TPSA) is 91.4 Å². The molecule has 0 bridgehead atoms. The van der Waals surface area contributed by atoms with Crippen LogP contribution in [0.25, 0.3) is 0 Å². The summed E-state index contributed by atoms with van der Waals surface area (Å²) in [6.45, 7) is 10.3. The third-order valence-corrected chi connectivity index (χ3v) is 7.14. The lowest BCUT2D eigenvalue weighted by Crippen LogP contribution is -2.53. The first-order valence-electron chi connectivity index (χ1n) is 12.4. The van der Waals surface area contributed by atoms with E-state index in [1.807, 2.05) is 45.0 Å². The number of fused-ring (bicyclic) bond motifs is 1. The maximum atomic E-state index is 13.7. The Morgan fingerprint density at radius 2 is 1.80 bits per heavy atom. The van der Waals surface area contributed by atoms with E-state index in [1.165, 1.54) is 0 Å². The molecule has 0 saturated carbocycles. The molecule has 1 aromatic rings. The number of methoxy groups -OCH3 is 1. The minimum Gasteiger partial charge on any atom is -0.377 e. The van der Waals surface area contributed by atoms with Crippen molar-refractivity contribution in [3.8, 4) is 0 Å². The van der Waals surface area contributed by atoms with Crippen LogP contribution in [0.4, 0.5) is 5.69 Å². The van der Waals surface area contributed by atoms with Crippen molar-refractivity contribution in [1.29, 1.82) is 0 Å². The standard InChI is InChI=1S/C26H38N4O5/c1-26(2,3)14-19(25(33)30-15-21(34-5)23-22(30)20(31)16-35-23)27-24(32)17-6-8-18(9-7-17)29-12-10-28(4)11-13-29/h6-9,19,21-23H,10-16H2,1-5H3,(H,27,32)/t19-,21?,22?,23?/m0/s1. The van der Waals surface area contributed by atoms with Gasteiger partial charge in [0.2, 0.25) is 5.91 Å². The van der Waals surface area contributed by atoms with Crippen molar-refractivity contribution in [3.05, 3.63) is 29.8 Å². The van der Waals surface area contributed by atoms with E-state index in [2.05, 4.69) is 22.2 Å². The molecule has 0 aliphatic carbocycles. The number of carbonyl (C=O) groups excluding carboxylic acids is 3. The number of nitrogens with zero attached hydrogens (tertiary/aromatic N) is 3. The number of hydrogen-bond donors (Lipinski definition) is 1. The van der Waals surface area contributed by atoms with Gasteiger partial charge in [0, 0.05) is 44.5 Å². The number of carbonyl (C=O) groups is 3. The van der Waals surface area contributed by atoms with Crippen molar-refractivity contribution in [2.45, 2.75) is 51.5 Å². The number of likely N-dealkylation sites (tertiary alicyclic amines) is 1. The van der Waals surface area contributed by atoms with Gasteiger partial charge < -0.3 is 29.5 Å². The van der Waals surface area contributed by atoms with Gasteiger partial charge in [-0.25, -0.2) is 0 Å². The average Bonchev–Trinajstić information content (AvgIpc) is 3.38. The summed E-state index contributed by atoms with van der Waals surface area (Å²) in [5.74, 6) is -0.690. The molecule has 3 aliphatic heterocycles. The summed E-state index contributed by atoms with van der Waals surface area (Å²) in [5, 5.41) is 2.96. The zero-order chi connectivity index (χ0) is 25.3. The minimum atomic E-state index is -0.760. The van der Waals surface area contributed by atoms with Crippen LogP contribution in [0.3, 0.4) is 0 Å². The lowest BCUT2D eigenvalue weighted by atomic mass is 9.87. The zero-order valence-electron chi connectivity index (χ0n) is 21.5. The number of hydrogen-bond acceptors (Lipinski definition) is 7. The maximum Gasteiger partial charge on any atom is 0.251 e. The first-order valence-corrected chi connectivity index (χ1v) is 12.4. The summed E-state index contributed by atoms with van der Waals surface area (Å²) in [4.78, 5) is 45.5. The molecule has 4 atom stereocenters. The van der Waals surface area contributed by atoms with Gasteiger partial charge in [0.1, 0.15) is 30.9 Å². The van der Waals surface area contributed by atoms with Crippen LogP contribution < -0.4 is 10.2 Å². The molecule has 35 heavy (non-hydrogen) atoms. The predicted molar refractivity (Wildman–Crippen MR) is 133 cm³/mol. The Morgan fingerprint density at radius 3 is 2.40 bits per heavy atom. The normalized spacial score (nSPS) is 26.1. The summed E-state index contributed by atoms with van der Waals surface area (Å²) < 4.78 is 11.1. The number of ketones is 1. The minimum absolute atomic E-state index is 0.0189. The van der Waals surface area contributed by atoms with E-state index in [0.717, 1.165) is 31.9 Å². The second kappa shape index (κ2) is 10.2. The van der Waals surface area contributed by atoms with Crippen LogP contribution >= 0.6 is 0 Å². The Kier molecular flexibility index (Phi) is 7.49. The lowest BCUT2D eigenvalue weighted by molar-refractivity contribution is -0.138. The highest BCUT2D eigenvalue weighted by Crippen LogP contribution is 2.31. The van der Waals surface area contributed by atoms with E-state index in [1.54, 1.807) is 12.0 Å². The zero-order valence-corrected chi connectivity index (χ0v) is 21.5. The summed E-state index contributed by atoms with van der Waals surface area (Å²) in [6.07, 6.45) is -0.370. The van der Waals surface area contributed by atoms with Gasteiger partial charge >= 0.3 is 0 Å². The van der Waals surface area contributed by atoms with E-state index >= 15 is 0 Å². The van der Waals surface area contributed by atoms with E-state index in [-0.39, 0.29) is 42.3 Å². The Balaban J connectivity index is 1.48. The molecule has 3 heterocycles. The van der Waals surface area contributed by atoms with Gasteiger partial charge in [-0.15, -0.1) is 0 Å². The quantitative estimate of drug-likeness (QED) is 0.645. The monoisotopic (exact) mass is 486 g/mol. The van der Waals surface area contributed by atoms with E-state index in [9.17, 15) is 14.4 Å². The van der Waals surface area contributed by atoms with Crippen molar-refractivity contribution in [1.82, 2.24) is 15.1 Å². The van der Waals surface area contributed by atoms with E-state index < -0.39 is 18.2 Å². The van der Waals surface area contributed by atoms with Crippen LogP contribution in [-0.4, -0.2) is 105 Å². The fraction of sp³-hybridized carbons (Fsp3) is 0.654. The summed E-state index contributed by atoms with van der Waals surface area (Å²) in [7, 11) is 3.68. The predicted octanol–water partition coefficient (Wildman–Crippen LogP) is 1.17. The number of rotatable bonds is 6. The van der Waals surface area contributed by atoms with Crippen molar-refractivity contribution in [2.24, 2.45) is 5.41 Å². The molecule has 0 spiro atoms. The van der Waals surface area contributed by atoms with Crippen molar-refractivity contribution in [2.75, 3.05) is 58.4 Å². The van der Waals surface area contributed by atoms with Crippen LogP contribution in [0.2, 0.25) is 0 Å². The molecular formula is C26H38N4O5. The van der Waals surface area contributed by atoms with E-state index in [4.69, 9.17) is 9.47 Å². The SMILES string of the molecule is COC1CN(C(=O)[C@H](CC(C)(C)C)NC(=O)c2ccc(N3CCN(C)CC3)cc2)C2C(=O)COC12. The van der Waals surface area contributed by atoms with Crippen LogP contribution in [0.5, 0.6) is 0 Å². The molecule has 4 rings (SSSR count). The molecule has 9 nitrogen and oxygen atoms in total. The number of benzene rings is 1. The average molecular weight is 487 g/mol. The molecule has 0 aromatic heterocycles. The number of amides is 2. The Morgan fingerprint density at radius 1 is 1.14 bits per heavy atom. The van der Waals surface area contributed by atoms with Gasteiger partial charge in [-0.3, -0.25) is 14.4 Å². The first-order chi connectivity index (χ1) is 16.6. The van der Waals surface area contributed by atoms with E-state index in [0.29, 0.717) is 12.0 Å². The molecule has 1 N–H and O–H groups in total. The van der Waals surface area contributed by atoms with Crippen molar-refractivity contribution < 1.29 is 23.9 Å². The summed E-state index contributed by atoms with van der Waals surface area (Å²) in [5.41, 5.74) is 1.38. The fourth-order valence-corrected chi connectivity index (χ4v) is 5.19. The molecule has 1 aromatic carbocycles. The van der Waals surface area contributed by atoms with Crippen molar-refractivity contribution in [3.63, 3.8) is 0 Å². The molecule has 2 amide bonds. The molecule has 3 fully saturated rings. The van der Waals surface area contributed by atoms with Crippen LogP contribution in [0.1, 0.15) is 37.6 Å². The Hall–Kier alpha value is -2.49. The van der Waals surface area contributed by atoms with Gasteiger partial charge in [-0.1, -0.05) is 20.8 Å². The first kappa shape index (κ1) is 25.6. The summed E-state index contributed by atoms with van der Waals surface area (Å²) in [6, 6.07) is 6.12. The van der Waals surface area contributed by atoms with Crippen LogP contribution in [0, 0.1) is 5.41 Å². The van der Waals surface area contributed by atoms with Gasteiger partial charge in [-0.2, -0.15) is 0 Å².